The van der Waals surface area contributed by atoms with Crippen LogP contribution in [0.25, 0.3) is 0 Å². The molecular formula is C17H25N3O2. The number of hydrogen-bond donors (Lipinski definition) is 2. The molecule has 0 aliphatic carbocycles. The number of rotatable bonds is 3. The maximum atomic E-state index is 13.1. The summed E-state index contributed by atoms with van der Waals surface area (Å²) in [6, 6.07) is 6.92. The maximum absolute atomic E-state index is 13.1. The Kier molecular flexibility index (Phi) is 4.95. The lowest BCUT2D eigenvalue weighted by Crippen LogP contribution is -2.51. The van der Waals surface area contributed by atoms with Crippen molar-refractivity contribution in [3.63, 3.8) is 0 Å². The molecule has 1 aromatic carbocycles. The van der Waals surface area contributed by atoms with Crippen LogP contribution < -0.4 is 5.32 Å². The summed E-state index contributed by atoms with van der Waals surface area (Å²) in [5.41, 5.74) is 0.743. The van der Waals surface area contributed by atoms with Crippen molar-refractivity contribution in [2.24, 2.45) is 0 Å². The van der Waals surface area contributed by atoms with Crippen LogP contribution in [0, 0.1) is 0 Å². The highest BCUT2D eigenvalue weighted by atomic mass is 16.3. The number of carbonyl (C=O) groups excluding carboxylic acids is 1. The monoisotopic (exact) mass is 303 g/mol. The number of aromatic hydroxyl groups is 1. The van der Waals surface area contributed by atoms with E-state index in [0.29, 0.717) is 0 Å². The van der Waals surface area contributed by atoms with E-state index in [-0.39, 0.29) is 17.7 Å². The van der Waals surface area contributed by atoms with Gasteiger partial charge in [0.15, 0.2) is 0 Å². The molecule has 2 aliphatic rings. The summed E-state index contributed by atoms with van der Waals surface area (Å²) in [5.74, 6) is 0.353. The van der Waals surface area contributed by atoms with E-state index in [1.54, 1.807) is 12.1 Å². The summed E-state index contributed by atoms with van der Waals surface area (Å²) >= 11 is 0. The molecule has 120 valence electrons. The first kappa shape index (κ1) is 15.3. The first-order valence-electron chi connectivity index (χ1n) is 8.29. The molecule has 1 aromatic rings. The SMILES string of the molecule is O=C(C(c1ccccc1O)N1CCCCC1)N1CCNCC1. The molecule has 1 amide bonds. The predicted molar refractivity (Wildman–Crippen MR) is 85.7 cm³/mol. The van der Waals surface area contributed by atoms with E-state index >= 15 is 0 Å². The third kappa shape index (κ3) is 3.25. The Hall–Kier alpha value is -1.59. The smallest absolute Gasteiger partial charge is 0.244 e. The molecule has 1 unspecified atom stereocenters. The predicted octanol–water partition coefficient (Wildman–Crippen LogP) is 1.35. The van der Waals surface area contributed by atoms with E-state index in [2.05, 4.69) is 10.2 Å². The van der Waals surface area contributed by atoms with Crippen molar-refractivity contribution >= 4 is 5.91 Å². The number of phenolic OH excluding ortho intramolecular Hbond substituents is 1. The number of carbonyl (C=O) groups is 1. The molecule has 2 N–H and O–H groups in total. The average molecular weight is 303 g/mol. The van der Waals surface area contributed by atoms with Gasteiger partial charge in [0.2, 0.25) is 5.91 Å². The highest BCUT2D eigenvalue weighted by Gasteiger charge is 2.34. The second-order valence-electron chi connectivity index (χ2n) is 6.13. The van der Waals surface area contributed by atoms with E-state index in [9.17, 15) is 9.90 Å². The van der Waals surface area contributed by atoms with Crippen LogP contribution in [0.5, 0.6) is 5.75 Å². The van der Waals surface area contributed by atoms with Gasteiger partial charge < -0.3 is 15.3 Å². The van der Waals surface area contributed by atoms with Gasteiger partial charge in [0.25, 0.3) is 0 Å². The number of benzene rings is 1. The van der Waals surface area contributed by atoms with Crippen molar-refractivity contribution in [2.45, 2.75) is 25.3 Å². The quantitative estimate of drug-likeness (QED) is 0.885. The van der Waals surface area contributed by atoms with Crippen molar-refractivity contribution in [3.8, 4) is 5.75 Å². The Morgan fingerprint density at radius 1 is 1.05 bits per heavy atom. The topological polar surface area (TPSA) is 55.8 Å². The van der Waals surface area contributed by atoms with Crippen molar-refractivity contribution in [3.05, 3.63) is 29.8 Å². The van der Waals surface area contributed by atoms with Crippen molar-refractivity contribution in [1.29, 1.82) is 0 Å². The second-order valence-corrected chi connectivity index (χ2v) is 6.13. The van der Waals surface area contributed by atoms with Crippen LogP contribution in [-0.4, -0.2) is 60.1 Å². The molecular weight excluding hydrogens is 278 g/mol. The van der Waals surface area contributed by atoms with Gasteiger partial charge in [0, 0.05) is 31.7 Å². The summed E-state index contributed by atoms with van der Waals surface area (Å²) in [5, 5.41) is 13.5. The van der Waals surface area contributed by atoms with E-state index < -0.39 is 0 Å². The summed E-state index contributed by atoms with van der Waals surface area (Å²) in [6.07, 6.45) is 3.48. The highest BCUT2D eigenvalue weighted by molar-refractivity contribution is 5.84. The molecule has 2 aliphatic heterocycles. The minimum Gasteiger partial charge on any atom is -0.508 e. The number of amides is 1. The number of nitrogens with one attached hydrogen (secondary N) is 1. The van der Waals surface area contributed by atoms with Gasteiger partial charge in [-0.15, -0.1) is 0 Å². The normalized spacial score (nSPS) is 21.5. The van der Waals surface area contributed by atoms with E-state index in [1.165, 1.54) is 6.42 Å². The average Bonchev–Trinajstić information content (AvgIpc) is 2.58. The summed E-state index contributed by atoms with van der Waals surface area (Å²) < 4.78 is 0. The van der Waals surface area contributed by atoms with Gasteiger partial charge in [-0.2, -0.15) is 0 Å². The lowest BCUT2D eigenvalue weighted by Gasteiger charge is -2.38. The summed E-state index contributed by atoms with van der Waals surface area (Å²) in [7, 11) is 0. The molecule has 2 fully saturated rings. The Labute approximate surface area is 131 Å². The second kappa shape index (κ2) is 7.11. The summed E-state index contributed by atoms with van der Waals surface area (Å²) in [4.78, 5) is 17.3. The number of piperidine rings is 1. The van der Waals surface area contributed by atoms with E-state index in [1.807, 2.05) is 17.0 Å². The molecule has 0 saturated carbocycles. The van der Waals surface area contributed by atoms with Crippen molar-refractivity contribution in [2.75, 3.05) is 39.3 Å². The van der Waals surface area contributed by atoms with Gasteiger partial charge in [-0.25, -0.2) is 0 Å². The maximum Gasteiger partial charge on any atom is 0.244 e. The van der Waals surface area contributed by atoms with Crippen molar-refractivity contribution in [1.82, 2.24) is 15.1 Å². The first-order chi connectivity index (χ1) is 10.8. The van der Waals surface area contributed by atoms with Crippen molar-refractivity contribution < 1.29 is 9.90 Å². The Morgan fingerprint density at radius 2 is 1.73 bits per heavy atom. The van der Waals surface area contributed by atoms with Gasteiger partial charge in [-0.3, -0.25) is 9.69 Å². The fourth-order valence-electron chi connectivity index (χ4n) is 3.44. The van der Waals surface area contributed by atoms with Crippen LogP contribution >= 0.6 is 0 Å². The van der Waals surface area contributed by atoms with E-state index in [4.69, 9.17) is 0 Å². The van der Waals surface area contributed by atoms with Gasteiger partial charge in [0.05, 0.1) is 0 Å². The zero-order valence-corrected chi connectivity index (χ0v) is 13.0. The molecule has 1 atom stereocenters. The Balaban J connectivity index is 1.88. The standard InChI is InChI=1S/C17H25N3O2/c21-15-7-3-2-6-14(15)16(19-10-4-1-5-11-19)17(22)20-12-8-18-9-13-20/h2-3,6-7,16,18,21H,1,4-5,8-13H2. The van der Waals surface area contributed by atoms with Gasteiger partial charge >= 0.3 is 0 Å². The minimum atomic E-state index is -0.348. The summed E-state index contributed by atoms with van der Waals surface area (Å²) in [6.45, 7) is 5.04. The molecule has 22 heavy (non-hydrogen) atoms. The third-order valence-electron chi connectivity index (χ3n) is 4.65. The molecule has 0 spiro atoms. The lowest BCUT2D eigenvalue weighted by atomic mass is 9.99. The molecule has 3 rings (SSSR count). The molecule has 5 nitrogen and oxygen atoms in total. The van der Waals surface area contributed by atoms with Crippen LogP contribution in [-0.2, 0) is 4.79 Å². The molecule has 0 aromatic heterocycles. The van der Waals surface area contributed by atoms with Crippen LogP contribution in [0.15, 0.2) is 24.3 Å². The van der Waals surface area contributed by atoms with Crippen LogP contribution in [0.4, 0.5) is 0 Å². The fourth-order valence-corrected chi connectivity index (χ4v) is 3.44. The lowest BCUT2D eigenvalue weighted by molar-refractivity contribution is -0.138. The number of phenols is 1. The third-order valence-corrected chi connectivity index (χ3v) is 4.65. The largest absolute Gasteiger partial charge is 0.508 e. The van der Waals surface area contributed by atoms with Gasteiger partial charge in [-0.1, -0.05) is 24.6 Å². The number of nitrogens with zero attached hydrogens (tertiary/aromatic N) is 2. The highest BCUT2D eigenvalue weighted by Crippen LogP contribution is 2.32. The number of hydrogen-bond acceptors (Lipinski definition) is 4. The molecule has 2 heterocycles. The minimum absolute atomic E-state index is 0.130. The number of likely N-dealkylation sites (tertiary alicyclic amines) is 1. The molecule has 2 saturated heterocycles. The van der Waals surface area contributed by atoms with Crippen LogP contribution in [0.3, 0.4) is 0 Å². The Morgan fingerprint density at radius 3 is 2.41 bits per heavy atom. The zero-order chi connectivity index (χ0) is 15.4. The van der Waals surface area contributed by atoms with Gasteiger partial charge in [0.1, 0.15) is 11.8 Å². The molecule has 0 radical (unpaired) electrons. The zero-order valence-electron chi connectivity index (χ0n) is 13.0. The first-order valence-corrected chi connectivity index (χ1v) is 8.29. The number of para-hydroxylation sites is 1. The van der Waals surface area contributed by atoms with E-state index in [0.717, 1.165) is 57.7 Å². The molecule has 0 bridgehead atoms. The van der Waals surface area contributed by atoms with Crippen LogP contribution in [0.1, 0.15) is 30.9 Å². The van der Waals surface area contributed by atoms with Crippen LogP contribution in [0.2, 0.25) is 0 Å². The van der Waals surface area contributed by atoms with Gasteiger partial charge in [-0.05, 0) is 32.0 Å². The fraction of sp³-hybridized carbons (Fsp3) is 0.588. The number of piperazine rings is 1. The molecule has 5 heteroatoms. The Bertz CT molecular complexity index is 508.